The maximum atomic E-state index is 5.14. The Morgan fingerprint density at radius 2 is 1.38 bits per heavy atom. The van der Waals surface area contributed by atoms with Gasteiger partial charge in [0.15, 0.2) is 0 Å². The zero-order valence-corrected chi connectivity index (χ0v) is 10.7. The van der Waals surface area contributed by atoms with Crippen LogP contribution in [-0.2, 0) is 5.33 Å². The number of ether oxygens (including phenoxy) is 1. The average molecular weight is 277 g/mol. The molecule has 0 amide bonds. The van der Waals surface area contributed by atoms with E-state index in [9.17, 15) is 0 Å². The Kier molecular flexibility index (Phi) is 3.62. The van der Waals surface area contributed by atoms with E-state index in [-0.39, 0.29) is 0 Å². The third-order valence-electron chi connectivity index (χ3n) is 2.53. The van der Waals surface area contributed by atoms with E-state index in [1.807, 2.05) is 12.1 Å². The largest absolute Gasteiger partial charge is 0.497 e. The van der Waals surface area contributed by atoms with Crippen molar-refractivity contribution in [1.29, 1.82) is 0 Å². The molecule has 0 atom stereocenters. The van der Waals surface area contributed by atoms with Crippen LogP contribution < -0.4 is 4.74 Å². The van der Waals surface area contributed by atoms with Crippen LogP contribution in [0.3, 0.4) is 0 Å². The van der Waals surface area contributed by atoms with Crippen molar-refractivity contribution in [3.8, 4) is 16.9 Å². The lowest BCUT2D eigenvalue weighted by Crippen LogP contribution is -1.83. The highest BCUT2D eigenvalue weighted by molar-refractivity contribution is 9.08. The minimum absolute atomic E-state index is 0.890. The Morgan fingerprint density at radius 3 is 1.81 bits per heavy atom. The molecule has 0 unspecified atom stereocenters. The van der Waals surface area contributed by atoms with Gasteiger partial charge in [-0.2, -0.15) is 0 Å². The summed E-state index contributed by atoms with van der Waals surface area (Å²) in [5.74, 6) is 0.890. The van der Waals surface area contributed by atoms with Gasteiger partial charge >= 0.3 is 0 Å². The molecule has 16 heavy (non-hydrogen) atoms. The number of benzene rings is 2. The summed E-state index contributed by atoms with van der Waals surface area (Å²) >= 11 is 3.44. The maximum absolute atomic E-state index is 5.14. The number of methoxy groups -OCH3 is 1. The van der Waals surface area contributed by atoms with Crippen molar-refractivity contribution < 1.29 is 4.74 Å². The van der Waals surface area contributed by atoms with Crippen molar-refractivity contribution in [3.63, 3.8) is 0 Å². The van der Waals surface area contributed by atoms with E-state index >= 15 is 0 Å². The van der Waals surface area contributed by atoms with Crippen LogP contribution in [-0.4, -0.2) is 7.11 Å². The van der Waals surface area contributed by atoms with Crippen molar-refractivity contribution in [2.24, 2.45) is 0 Å². The second kappa shape index (κ2) is 5.17. The zero-order valence-electron chi connectivity index (χ0n) is 9.11. The second-order valence-electron chi connectivity index (χ2n) is 3.56. The fraction of sp³-hybridized carbons (Fsp3) is 0.143. The Balaban J connectivity index is 2.28. The molecule has 0 aliphatic rings. The summed E-state index contributed by atoms with van der Waals surface area (Å²) in [6.07, 6.45) is 0. The summed E-state index contributed by atoms with van der Waals surface area (Å²) in [4.78, 5) is 0. The quantitative estimate of drug-likeness (QED) is 0.762. The van der Waals surface area contributed by atoms with Crippen LogP contribution in [0.15, 0.2) is 48.5 Å². The van der Waals surface area contributed by atoms with Gasteiger partial charge in [0.1, 0.15) is 5.75 Å². The normalized spacial score (nSPS) is 10.1. The number of hydrogen-bond acceptors (Lipinski definition) is 1. The summed E-state index contributed by atoms with van der Waals surface area (Å²) in [5.41, 5.74) is 3.73. The van der Waals surface area contributed by atoms with E-state index in [4.69, 9.17) is 4.74 Å². The molecule has 0 saturated carbocycles. The molecule has 2 aromatic rings. The highest BCUT2D eigenvalue weighted by Crippen LogP contribution is 2.23. The first-order valence-corrected chi connectivity index (χ1v) is 6.25. The monoisotopic (exact) mass is 276 g/mol. The Hall–Kier alpha value is -1.28. The first-order chi connectivity index (χ1) is 7.83. The number of alkyl halides is 1. The third kappa shape index (κ3) is 2.45. The molecule has 0 spiro atoms. The molecule has 0 fully saturated rings. The summed E-state index contributed by atoms with van der Waals surface area (Å²) in [6.45, 7) is 0. The predicted molar refractivity (Wildman–Crippen MR) is 71.1 cm³/mol. The lowest BCUT2D eigenvalue weighted by molar-refractivity contribution is 0.415. The molecule has 0 aliphatic heterocycles. The van der Waals surface area contributed by atoms with E-state index in [0.29, 0.717) is 0 Å². The van der Waals surface area contributed by atoms with Crippen molar-refractivity contribution in [1.82, 2.24) is 0 Å². The van der Waals surface area contributed by atoms with E-state index < -0.39 is 0 Å². The molecule has 0 aromatic heterocycles. The van der Waals surface area contributed by atoms with Crippen LogP contribution in [0.25, 0.3) is 11.1 Å². The highest BCUT2D eigenvalue weighted by Gasteiger charge is 1.98. The van der Waals surface area contributed by atoms with Gasteiger partial charge in [-0.15, -0.1) is 0 Å². The van der Waals surface area contributed by atoms with Crippen LogP contribution in [0.5, 0.6) is 5.75 Å². The van der Waals surface area contributed by atoms with E-state index in [0.717, 1.165) is 11.1 Å². The predicted octanol–water partition coefficient (Wildman–Crippen LogP) is 4.26. The summed E-state index contributed by atoms with van der Waals surface area (Å²) in [5, 5.41) is 0.899. The number of hydrogen-bond donors (Lipinski definition) is 0. The summed E-state index contributed by atoms with van der Waals surface area (Å²) in [7, 11) is 1.68. The van der Waals surface area contributed by atoms with E-state index in [2.05, 4.69) is 52.3 Å². The van der Waals surface area contributed by atoms with Crippen molar-refractivity contribution >= 4 is 15.9 Å². The average Bonchev–Trinajstić information content (AvgIpc) is 2.39. The molecule has 0 radical (unpaired) electrons. The fourth-order valence-electron chi connectivity index (χ4n) is 1.57. The highest BCUT2D eigenvalue weighted by atomic mass is 79.9. The Bertz CT molecular complexity index is 400. The lowest BCUT2D eigenvalue weighted by atomic mass is 10.0. The van der Waals surface area contributed by atoms with Gasteiger partial charge in [-0.3, -0.25) is 0 Å². The van der Waals surface area contributed by atoms with Crippen LogP contribution in [0.4, 0.5) is 0 Å². The smallest absolute Gasteiger partial charge is 0.118 e. The van der Waals surface area contributed by atoms with E-state index in [1.54, 1.807) is 7.11 Å². The molecule has 1 nitrogen and oxygen atoms in total. The minimum atomic E-state index is 0.890. The van der Waals surface area contributed by atoms with Gasteiger partial charge in [-0.05, 0) is 28.8 Å². The molecule has 0 N–H and O–H groups in total. The molecular weight excluding hydrogens is 264 g/mol. The standard InChI is InChI=1S/C14H13BrO/c1-16-14-8-6-13(7-9-14)12-4-2-11(10-15)3-5-12/h2-9H,10H2,1H3. The van der Waals surface area contributed by atoms with Gasteiger partial charge in [0, 0.05) is 5.33 Å². The van der Waals surface area contributed by atoms with Crippen LogP contribution in [0.2, 0.25) is 0 Å². The summed E-state index contributed by atoms with van der Waals surface area (Å²) in [6, 6.07) is 16.6. The topological polar surface area (TPSA) is 9.23 Å². The van der Waals surface area contributed by atoms with Crippen LogP contribution in [0, 0.1) is 0 Å². The van der Waals surface area contributed by atoms with Gasteiger partial charge in [-0.1, -0.05) is 52.3 Å². The lowest BCUT2D eigenvalue weighted by Gasteiger charge is -2.04. The third-order valence-corrected chi connectivity index (χ3v) is 3.18. The van der Waals surface area contributed by atoms with E-state index in [1.165, 1.54) is 16.7 Å². The molecule has 2 aromatic carbocycles. The zero-order chi connectivity index (χ0) is 11.4. The Morgan fingerprint density at radius 1 is 0.875 bits per heavy atom. The van der Waals surface area contributed by atoms with Gasteiger partial charge < -0.3 is 4.74 Å². The molecular formula is C14H13BrO. The van der Waals surface area contributed by atoms with Crippen LogP contribution >= 0.6 is 15.9 Å². The Labute approximate surface area is 104 Å². The molecule has 0 bridgehead atoms. The van der Waals surface area contributed by atoms with Gasteiger partial charge in [0.2, 0.25) is 0 Å². The number of halogens is 1. The van der Waals surface area contributed by atoms with Gasteiger partial charge in [-0.25, -0.2) is 0 Å². The molecule has 82 valence electrons. The van der Waals surface area contributed by atoms with Gasteiger partial charge in [0.05, 0.1) is 7.11 Å². The molecule has 0 saturated heterocycles. The number of rotatable bonds is 3. The molecule has 0 aliphatic carbocycles. The molecule has 0 heterocycles. The molecule has 2 heteroatoms. The van der Waals surface area contributed by atoms with Crippen molar-refractivity contribution in [3.05, 3.63) is 54.1 Å². The van der Waals surface area contributed by atoms with Crippen molar-refractivity contribution in [2.75, 3.05) is 7.11 Å². The minimum Gasteiger partial charge on any atom is -0.497 e. The van der Waals surface area contributed by atoms with Crippen molar-refractivity contribution in [2.45, 2.75) is 5.33 Å². The maximum Gasteiger partial charge on any atom is 0.118 e. The molecule has 2 rings (SSSR count). The van der Waals surface area contributed by atoms with Gasteiger partial charge in [0.25, 0.3) is 0 Å². The fourth-order valence-corrected chi connectivity index (χ4v) is 1.94. The SMILES string of the molecule is COc1ccc(-c2ccc(CBr)cc2)cc1. The van der Waals surface area contributed by atoms with Crippen LogP contribution in [0.1, 0.15) is 5.56 Å². The first kappa shape index (κ1) is 11.2. The first-order valence-electron chi connectivity index (χ1n) is 5.13. The summed E-state index contributed by atoms with van der Waals surface area (Å²) < 4.78 is 5.14. The second-order valence-corrected chi connectivity index (χ2v) is 4.12.